The monoisotopic (exact) mass is 266 g/mol. The van der Waals surface area contributed by atoms with Gasteiger partial charge in [0.25, 0.3) is 0 Å². The van der Waals surface area contributed by atoms with Crippen LogP contribution in [0.15, 0.2) is 24.3 Å². The molecule has 0 aliphatic rings. The minimum Gasteiger partial charge on any atom is -0.497 e. The fraction of sp³-hybridized carbons (Fsp3) is 0.385. The first-order valence-corrected chi connectivity index (χ1v) is 5.77. The lowest BCUT2D eigenvalue weighted by atomic mass is 10.1. The predicted molar refractivity (Wildman–Crippen MR) is 70.1 cm³/mol. The zero-order valence-corrected chi connectivity index (χ0v) is 11.2. The molecule has 104 valence electrons. The third kappa shape index (κ3) is 4.50. The zero-order valence-electron chi connectivity index (χ0n) is 11.2. The van der Waals surface area contributed by atoms with Crippen molar-refractivity contribution in [2.75, 3.05) is 7.11 Å². The van der Waals surface area contributed by atoms with Crippen LogP contribution in [0.4, 0.5) is 4.79 Å². The summed E-state index contributed by atoms with van der Waals surface area (Å²) in [4.78, 5) is 22.4. The minimum absolute atomic E-state index is 0.290. The van der Waals surface area contributed by atoms with Crippen molar-refractivity contribution in [3.63, 3.8) is 0 Å². The summed E-state index contributed by atoms with van der Waals surface area (Å²) in [5.74, 6) is -0.394. The Balaban J connectivity index is 2.52. The maximum Gasteiger partial charge on any atom is 0.328 e. The Labute approximate surface area is 111 Å². The van der Waals surface area contributed by atoms with Gasteiger partial charge < -0.3 is 20.5 Å². The smallest absolute Gasteiger partial charge is 0.328 e. The topological polar surface area (TPSA) is 87.7 Å². The van der Waals surface area contributed by atoms with Crippen LogP contribution in [0.25, 0.3) is 0 Å². The molecule has 2 amide bonds. The highest BCUT2D eigenvalue weighted by Crippen LogP contribution is 2.12. The minimum atomic E-state index is -1.31. The molecule has 0 bridgehead atoms. The lowest BCUT2D eigenvalue weighted by Gasteiger charge is -2.21. The Bertz CT molecular complexity index is 471. The first-order chi connectivity index (χ1) is 8.85. The van der Waals surface area contributed by atoms with Crippen LogP contribution in [0.1, 0.15) is 19.4 Å². The summed E-state index contributed by atoms with van der Waals surface area (Å²) >= 11 is 0. The molecule has 0 saturated carbocycles. The molecule has 0 atom stereocenters. The van der Waals surface area contributed by atoms with E-state index in [1.54, 1.807) is 19.2 Å². The summed E-state index contributed by atoms with van der Waals surface area (Å²) in [6.07, 6.45) is 0. The lowest BCUT2D eigenvalue weighted by molar-refractivity contribution is -0.142. The van der Waals surface area contributed by atoms with E-state index in [9.17, 15) is 9.59 Å². The number of hydrogen-bond donors (Lipinski definition) is 3. The SMILES string of the molecule is COc1cccc(CNC(=O)NC(C)(C)C(=O)O)c1. The molecular formula is C13H18N2O4. The Hall–Kier alpha value is -2.24. The zero-order chi connectivity index (χ0) is 14.5. The highest BCUT2D eigenvalue weighted by atomic mass is 16.5. The second-order valence-corrected chi connectivity index (χ2v) is 4.59. The average Bonchev–Trinajstić information content (AvgIpc) is 2.36. The normalized spacial score (nSPS) is 10.7. The molecule has 6 heteroatoms. The number of ether oxygens (including phenoxy) is 1. The molecule has 1 rings (SSSR count). The number of hydrogen-bond acceptors (Lipinski definition) is 3. The van der Waals surface area contributed by atoms with Gasteiger partial charge in [0, 0.05) is 6.54 Å². The van der Waals surface area contributed by atoms with E-state index in [0.717, 1.165) is 5.56 Å². The Morgan fingerprint density at radius 1 is 1.37 bits per heavy atom. The summed E-state index contributed by atoms with van der Waals surface area (Å²) < 4.78 is 5.07. The third-order valence-electron chi connectivity index (χ3n) is 2.55. The average molecular weight is 266 g/mol. The van der Waals surface area contributed by atoms with Gasteiger partial charge in [-0.3, -0.25) is 0 Å². The van der Waals surface area contributed by atoms with Crippen LogP contribution in [0.2, 0.25) is 0 Å². The van der Waals surface area contributed by atoms with Crippen LogP contribution in [-0.4, -0.2) is 29.8 Å². The van der Waals surface area contributed by atoms with Gasteiger partial charge in [0.05, 0.1) is 7.11 Å². The largest absolute Gasteiger partial charge is 0.497 e. The Morgan fingerprint density at radius 2 is 2.05 bits per heavy atom. The number of carbonyl (C=O) groups excluding carboxylic acids is 1. The molecule has 0 aliphatic carbocycles. The first-order valence-electron chi connectivity index (χ1n) is 5.77. The van der Waals surface area contributed by atoms with Crippen molar-refractivity contribution < 1.29 is 19.4 Å². The van der Waals surface area contributed by atoms with E-state index in [0.29, 0.717) is 12.3 Å². The van der Waals surface area contributed by atoms with E-state index in [1.807, 2.05) is 12.1 Å². The Morgan fingerprint density at radius 3 is 2.63 bits per heavy atom. The van der Waals surface area contributed by atoms with Gasteiger partial charge in [-0.1, -0.05) is 12.1 Å². The number of methoxy groups -OCH3 is 1. The molecule has 0 heterocycles. The predicted octanol–water partition coefficient (Wildman–Crippen LogP) is 1.36. The van der Waals surface area contributed by atoms with Gasteiger partial charge in [-0.2, -0.15) is 0 Å². The van der Waals surface area contributed by atoms with Gasteiger partial charge in [0.2, 0.25) is 0 Å². The summed E-state index contributed by atoms with van der Waals surface area (Å²) in [5.41, 5.74) is -0.444. The number of benzene rings is 1. The number of urea groups is 1. The number of rotatable bonds is 5. The van der Waals surface area contributed by atoms with Crippen molar-refractivity contribution in [2.45, 2.75) is 25.9 Å². The molecule has 0 radical (unpaired) electrons. The van der Waals surface area contributed by atoms with Gasteiger partial charge in [0.15, 0.2) is 0 Å². The highest BCUT2D eigenvalue weighted by molar-refractivity contribution is 5.85. The third-order valence-corrected chi connectivity index (χ3v) is 2.55. The van der Waals surface area contributed by atoms with E-state index in [-0.39, 0.29) is 0 Å². The number of carbonyl (C=O) groups is 2. The fourth-order valence-corrected chi connectivity index (χ4v) is 1.35. The summed E-state index contributed by atoms with van der Waals surface area (Å²) in [5, 5.41) is 13.9. The molecule has 1 aromatic rings. The fourth-order valence-electron chi connectivity index (χ4n) is 1.35. The van der Waals surface area contributed by atoms with E-state index in [1.165, 1.54) is 13.8 Å². The summed E-state index contributed by atoms with van der Waals surface area (Å²) in [7, 11) is 1.56. The molecule has 0 spiro atoms. The van der Waals surface area contributed by atoms with Crippen LogP contribution in [0, 0.1) is 0 Å². The maximum atomic E-state index is 11.6. The lowest BCUT2D eigenvalue weighted by Crippen LogP contribution is -2.52. The molecule has 6 nitrogen and oxygen atoms in total. The van der Waals surface area contributed by atoms with Crippen molar-refractivity contribution >= 4 is 12.0 Å². The van der Waals surface area contributed by atoms with Gasteiger partial charge >= 0.3 is 12.0 Å². The number of carboxylic acids is 1. The molecular weight excluding hydrogens is 248 g/mol. The molecule has 1 aromatic carbocycles. The van der Waals surface area contributed by atoms with Gasteiger partial charge in [-0.05, 0) is 31.5 Å². The van der Waals surface area contributed by atoms with Crippen molar-refractivity contribution in [1.82, 2.24) is 10.6 Å². The summed E-state index contributed by atoms with van der Waals surface area (Å²) in [6, 6.07) is 6.72. The van der Waals surface area contributed by atoms with Crippen LogP contribution in [0.3, 0.4) is 0 Å². The van der Waals surface area contributed by atoms with Crippen molar-refractivity contribution in [3.05, 3.63) is 29.8 Å². The van der Waals surface area contributed by atoms with Gasteiger partial charge in [0.1, 0.15) is 11.3 Å². The molecule has 0 aromatic heterocycles. The van der Waals surface area contributed by atoms with E-state index in [4.69, 9.17) is 9.84 Å². The van der Waals surface area contributed by atoms with Crippen LogP contribution < -0.4 is 15.4 Å². The standard InChI is InChI=1S/C13H18N2O4/c1-13(2,11(16)17)15-12(18)14-8-9-5-4-6-10(7-9)19-3/h4-7H,8H2,1-3H3,(H,16,17)(H2,14,15,18). The molecule has 3 N–H and O–H groups in total. The van der Waals surface area contributed by atoms with Gasteiger partial charge in [-0.15, -0.1) is 0 Å². The van der Waals surface area contributed by atoms with Gasteiger partial charge in [-0.25, -0.2) is 9.59 Å². The maximum absolute atomic E-state index is 11.6. The molecule has 0 unspecified atom stereocenters. The number of aliphatic carboxylic acids is 1. The highest BCUT2D eigenvalue weighted by Gasteiger charge is 2.28. The molecule has 0 saturated heterocycles. The molecule has 19 heavy (non-hydrogen) atoms. The second kappa shape index (κ2) is 6.08. The van der Waals surface area contributed by atoms with E-state index in [2.05, 4.69) is 10.6 Å². The van der Waals surface area contributed by atoms with Crippen LogP contribution in [0.5, 0.6) is 5.75 Å². The Kier molecular flexibility index (Phi) is 4.74. The first kappa shape index (κ1) is 14.8. The number of amides is 2. The van der Waals surface area contributed by atoms with E-state index >= 15 is 0 Å². The van der Waals surface area contributed by atoms with Crippen molar-refractivity contribution in [2.24, 2.45) is 0 Å². The number of carboxylic acid groups (broad SMARTS) is 1. The molecule has 0 fully saturated rings. The number of nitrogens with one attached hydrogen (secondary N) is 2. The summed E-state index contributed by atoms with van der Waals surface area (Å²) in [6.45, 7) is 3.12. The quantitative estimate of drug-likeness (QED) is 0.751. The van der Waals surface area contributed by atoms with Crippen molar-refractivity contribution in [3.8, 4) is 5.75 Å². The second-order valence-electron chi connectivity index (χ2n) is 4.59. The van der Waals surface area contributed by atoms with E-state index < -0.39 is 17.5 Å². The molecule has 0 aliphatic heterocycles. The van der Waals surface area contributed by atoms with Crippen molar-refractivity contribution in [1.29, 1.82) is 0 Å². The van der Waals surface area contributed by atoms with Crippen LogP contribution >= 0.6 is 0 Å². The van der Waals surface area contributed by atoms with Crippen LogP contribution in [-0.2, 0) is 11.3 Å².